The van der Waals surface area contributed by atoms with E-state index in [4.69, 9.17) is 4.74 Å². The summed E-state index contributed by atoms with van der Waals surface area (Å²) in [6.07, 6.45) is 16.5. The fourth-order valence-electron chi connectivity index (χ4n) is 3.05. The summed E-state index contributed by atoms with van der Waals surface area (Å²) < 4.78 is 5.83. The van der Waals surface area contributed by atoms with Crippen LogP contribution in [0.25, 0.3) is 0 Å². The van der Waals surface area contributed by atoms with Crippen LogP contribution >= 0.6 is 0 Å². The van der Waals surface area contributed by atoms with Crippen LogP contribution in [-0.4, -0.2) is 11.7 Å². The van der Waals surface area contributed by atoms with Gasteiger partial charge in [-0.05, 0) is 37.0 Å². The molecule has 0 atom stereocenters. The summed E-state index contributed by atoms with van der Waals surface area (Å²) in [6.45, 7) is 5.25. The second-order valence-electron chi connectivity index (χ2n) is 6.97. The Kier molecular flexibility index (Phi) is 12.3. The minimum absolute atomic E-state index is 0.330. The van der Waals surface area contributed by atoms with Gasteiger partial charge in [0.2, 0.25) is 0 Å². The van der Waals surface area contributed by atoms with Gasteiger partial charge in [0, 0.05) is 6.07 Å². The van der Waals surface area contributed by atoms with E-state index in [1.165, 1.54) is 76.2 Å². The lowest BCUT2D eigenvalue weighted by atomic mass is 10.0. The smallest absolute Gasteiger partial charge is 0.123 e. The van der Waals surface area contributed by atoms with E-state index in [1.54, 1.807) is 6.07 Å². The lowest BCUT2D eigenvalue weighted by molar-refractivity contribution is 0.302. The molecule has 0 aliphatic carbocycles. The van der Waals surface area contributed by atoms with E-state index in [9.17, 15) is 5.11 Å². The predicted molar refractivity (Wildman–Crippen MR) is 104 cm³/mol. The highest BCUT2D eigenvalue weighted by molar-refractivity contribution is 5.37. The van der Waals surface area contributed by atoms with Crippen LogP contribution in [0.3, 0.4) is 0 Å². The molecule has 0 amide bonds. The Morgan fingerprint density at radius 2 is 1.29 bits per heavy atom. The van der Waals surface area contributed by atoms with Crippen molar-refractivity contribution in [1.29, 1.82) is 0 Å². The van der Waals surface area contributed by atoms with Crippen molar-refractivity contribution in [1.82, 2.24) is 0 Å². The summed E-state index contributed by atoms with van der Waals surface area (Å²) >= 11 is 0. The summed E-state index contributed by atoms with van der Waals surface area (Å²) in [5, 5.41) is 9.89. The normalized spacial score (nSPS) is 10.9. The number of phenols is 1. The quantitative estimate of drug-likeness (QED) is 0.349. The largest absolute Gasteiger partial charge is 0.508 e. The first-order valence-corrected chi connectivity index (χ1v) is 10.2. The first kappa shape index (κ1) is 20.9. The lowest BCUT2D eigenvalue weighted by Gasteiger charge is -2.09. The second-order valence-corrected chi connectivity index (χ2v) is 6.97. The fraction of sp³-hybridized carbons (Fsp3) is 0.727. The molecule has 1 aromatic carbocycles. The number of aromatic hydroxyl groups is 1. The molecule has 0 heterocycles. The highest BCUT2D eigenvalue weighted by Gasteiger charge is 2.02. The molecule has 0 radical (unpaired) electrons. The van der Waals surface area contributed by atoms with Crippen LogP contribution in [-0.2, 0) is 6.42 Å². The van der Waals surface area contributed by atoms with E-state index >= 15 is 0 Å². The second kappa shape index (κ2) is 14.2. The van der Waals surface area contributed by atoms with Gasteiger partial charge in [-0.25, -0.2) is 0 Å². The molecule has 0 unspecified atom stereocenters. The number of rotatable bonds is 15. The molecule has 0 aliphatic rings. The number of benzene rings is 1. The Morgan fingerprint density at radius 1 is 0.708 bits per heavy atom. The molecule has 1 rings (SSSR count). The maximum Gasteiger partial charge on any atom is 0.123 e. The van der Waals surface area contributed by atoms with Gasteiger partial charge >= 0.3 is 0 Å². The molecule has 0 saturated carbocycles. The van der Waals surface area contributed by atoms with E-state index in [1.807, 2.05) is 6.07 Å². The molecular formula is C22H38O2. The Morgan fingerprint density at radius 3 is 1.96 bits per heavy atom. The molecule has 0 fully saturated rings. The third-order valence-corrected chi connectivity index (χ3v) is 4.54. The molecule has 2 nitrogen and oxygen atoms in total. The summed E-state index contributed by atoms with van der Waals surface area (Å²) in [7, 11) is 0. The van der Waals surface area contributed by atoms with Crippen LogP contribution in [0.1, 0.15) is 96.5 Å². The Hall–Kier alpha value is -1.18. The zero-order valence-electron chi connectivity index (χ0n) is 16.0. The van der Waals surface area contributed by atoms with Crippen molar-refractivity contribution in [3.63, 3.8) is 0 Å². The maximum atomic E-state index is 9.89. The van der Waals surface area contributed by atoms with Crippen LogP contribution < -0.4 is 4.74 Å². The SMILES string of the molecule is CCCCCCCCOc1cc(O)cc(CCCCCCCC)c1. The highest BCUT2D eigenvalue weighted by atomic mass is 16.5. The molecule has 0 aromatic heterocycles. The first-order valence-electron chi connectivity index (χ1n) is 10.2. The first-order chi connectivity index (χ1) is 11.8. The molecule has 1 N–H and O–H groups in total. The lowest BCUT2D eigenvalue weighted by Crippen LogP contribution is -1.98. The third-order valence-electron chi connectivity index (χ3n) is 4.54. The molecule has 0 bridgehead atoms. The van der Waals surface area contributed by atoms with Crippen molar-refractivity contribution in [3.8, 4) is 11.5 Å². The van der Waals surface area contributed by atoms with Crippen molar-refractivity contribution in [2.24, 2.45) is 0 Å². The number of unbranched alkanes of at least 4 members (excludes halogenated alkanes) is 10. The molecule has 0 saturated heterocycles. The number of ether oxygens (including phenoxy) is 1. The van der Waals surface area contributed by atoms with Gasteiger partial charge in [-0.15, -0.1) is 0 Å². The molecule has 2 heteroatoms. The van der Waals surface area contributed by atoms with Crippen molar-refractivity contribution in [2.45, 2.75) is 97.3 Å². The third kappa shape index (κ3) is 10.6. The van der Waals surface area contributed by atoms with E-state index in [2.05, 4.69) is 19.9 Å². The fourth-order valence-corrected chi connectivity index (χ4v) is 3.05. The summed E-state index contributed by atoms with van der Waals surface area (Å²) in [5.41, 5.74) is 1.20. The van der Waals surface area contributed by atoms with Gasteiger partial charge in [-0.2, -0.15) is 0 Å². The number of phenolic OH excluding ortho intramolecular Hbond substituents is 1. The Bertz CT molecular complexity index is 414. The monoisotopic (exact) mass is 334 g/mol. The van der Waals surface area contributed by atoms with Crippen LogP contribution in [0.2, 0.25) is 0 Å². The molecule has 24 heavy (non-hydrogen) atoms. The van der Waals surface area contributed by atoms with Gasteiger partial charge in [0.15, 0.2) is 0 Å². The number of hydrogen-bond donors (Lipinski definition) is 1. The van der Waals surface area contributed by atoms with Crippen LogP contribution in [0, 0.1) is 0 Å². The standard InChI is InChI=1S/C22H38O2/c1-3-5-7-9-11-13-15-20-17-21(23)19-22(18-20)24-16-14-12-10-8-6-4-2/h17-19,23H,3-16H2,1-2H3. The van der Waals surface area contributed by atoms with Gasteiger partial charge in [0.25, 0.3) is 0 Å². The maximum absolute atomic E-state index is 9.89. The van der Waals surface area contributed by atoms with Crippen molar-refractivity contribution in [3.05, 3.63) is 23.8 Å². The molecule has 0 spiro atoms. The topological polar surface area (TPSA) is 29.5 Å². The summed E-state index contributed by atoms with van der Waals surface area (Å²) in [6, 6.07) is 5.72. The molecular weight excluding hydrogens is 296 g/mol. The van der Waals surface area contributed by atoms with E-state index in [-0.39, 0.29) is 0 Å². The van der Waals surface area contributed by atoms with E-state index in [0.717, 1.165) is 25.2 Å². The Labute approximate surface area is 149 Å². The average Bonchev–Trinajstić information content (AvgIpc) is 2.57. The summed E-state index contributed by atoms with van der Waals surface area (Å²) in [5.74, 6) is 1.15. The van der Waals surface area contributed by atoms with Gasteiger partial charge in [-0.3, -0.25) is 0 Å². The van der Waals surface area contributed by atoms with Gasteiger partial charge < -0.3 is 9.84 Å². The van der Waals surface area contributed by atoms with E-state index < -0.39 is 0 Å². The molecule has 1 aromatic rings. The summed E-state index contributed by atoms with van der Waals surface area (Å²) in [4.78, 5) is 0. The average molecular weight is 335 g/mol. The molecule has 138 valence electrons. The number of hydrogen-bond acceptors (Lipinski definition) is 2. The predicted octanol–water partition coefficient (Wildman–Crippen LogP) is 7.03. The Balaban J connectivity index is 2.22. The van der Waals surface area contributed by atoms with Crippen molar-refractivity contribution < 1.29 is 9.84 Å². The molecule has 0 aliphatic heterocycles. The van der Waals surface area contributed by atoms with Crippen LogP contribution in [0.4, 0.5) is 0 Å². The van der Waals surface area contributed by atoms with E-state index in [0.29, 0.717) is 5.75 Å². The van der Waals surface area contributed by atoms with Gasteiger partial charge in [0.05, 0.1) is 6.61 Å². The van der Waals surface area contributed by atoms with Crippen LogP contribution in [0.5, 0.6) is 11.5 Å². The van der Waals surface area contributed by atoms with Crippen LogP contribution in [0.15, 0.2) is 18.2 Å². The minimum Gasteiger partial charge on any atom is -0.508 e. The highest BCUT2D eigenvalue weighted by Crippen LogP contribution is 2.23. The van der Waals surface area contributed by atoms with Gasteiger partial charge in [0.1, 0.15) is 11.5 Å². The minimum atomic E-state index is 0.330. The zero-order chi connectivity index (χ0) is 17.5. The van der Waals surface area contributed by atoms with Gasteiger partial charge in [-0.1, -0.05) is 78.1 Å². The zero-order valence-corrected chi connectivity index (χ0v) is 16.0. The van der Waals surface area contributed by atoms with Crippen molar-refractivity contribution in [2.75, 3.05) is 6.61 Å². The van der Waals surface area contributed by atoms with Crippen molar-refractivity contribution >= 4 is 0 Å². The number of aryl methyl sites for hydroxylation is 1.